The Balaban J connectivity index is 1.82. The van der Waals surface area contributed by atoms with E-state index in [2.05, 4.69) is 10.2 Å². The lowest BCUT2D eigenvalue weighted by Gasteiger charge is -2.23. The number of unbranched alkanes of at least 4 members (excludes halogenated alkanes) is 3. The van der Waals surface area contributed by atoms with Crippen molar-refractivity contribution in [1.82, 2.24) is 10.2 Å². The highest BCUT2D eigenvalue weighted by Crippen LogP contribution is 2.24. The zero-order valence-corrected chi connectivity index (χ0v) is 12.1. The molecule has 0 aliphatic carbocycles. The van der Waals surface area contributed by atoms with Crippen molar-refractivity contribution in [3.63, 3.8) is 0 Å². The van der Waals surface area contributed by atoms with Crippen molar-refractivity contribution < 1.29 is 8.42 Å². The van der Waals surface area contributed by atoms with Crippen molar-refractivity contribution in [3.8, 4) is 0 Å². The second kappa shape index (κ2) is 5.71. The molecule has 0 spiro atoms. The van der Waals surface area contributed by atoms with Gasteiger partial charge in [-0.05, 0) is 31.6 Å². The van der Waals surface area contributed by atoms with Crippen LogP contribution in [0.5, 0.6) is 0 Å². The van der Waals surface area contributed by atoms with Crippen LogP contribution in [0.3, 0.4) is 0 Å². The third-order valence-electron chi connectivity index (χ3n) is 3.65. The monoisotopic (exact) mass is 291 g/mol. The Bertz CT molecular complexity index is 411. The summed E-state index contributed by atoms with van der Waals surface area (Å²) in [5.41, 5.74) is 5.45. The van der Waals surface area contributed by atoms with E-state index >= 15 is 0 Å². The van der Waals surface area contributed by atoms with Crippen molar-refractivity contribution in [2.75, 3.05) is 24.6 Å². The molecule has 0 aromatic heterocycles. The maximum Gasteiger partial charge on any atom is 0.169 e. The van der Waals surface area contributed by atoms with Crippen LogP contribution < -0.4 is 11.1 Å². The molecule has 2 atom stereocenters. The average Bonchev–Trinajstić information content (AvgIpc) is 2.71. The van der Waals surface area contributed by atoms with Gasteiger partial charge in [0.15, 0.2) is 14.9 Å². The van der Waals surface area contributed by atoms with E-state index in [1.54, 1.807) is 0 Å². The Labute approximate surface area is 114 Å². The zero-order chi connectivity index (χ0) is 13.2. The minimum atomic E-state index is -2.88. The molecule has 2 aliphatic heterocycles. The van der Waals surface area contributed by atoms with Crippen molar-refractivity contribution in [2.45, 2.75) is 37.8 Å². The van der Waals surface area contributed by atoms with Crippen molar-refractivity contribution in [2.24, 2.45) is 5.73 Å². The summed E-state index contributed by atoms with van der Waals surface area (Å²) in [6.07, 6.45) is 4.37. The number of nitrogens with two attached hydrogens (primary N) is 1. The highest BCUT2D eigenvalue weighted by Gasteiger charge is 2.46. The lowest BCUT2D eigenvalue weighted by atomic mass is 10.1. The highest BCUT2D eigenvalue weighted by atomic mass is 32.2. The van der Waals surface area contributed by atoms with E-state index in [1.807, 2.05) is 0 Å². The SMILES string of the molecule is NCCCCCCN1C(=S)N[C@@H]2CS(=O)(=O)C[C@H]21. The Hall–Kier alpha value is -0.400. The summed E-state index contributed by atoms with van der Waals surface area (Å²) in [6, 6.07) is 0.0588. The molecule has 2 fully saturated rings. The van der Waals surface area contributed by atoms with Gasteiger partial charge in [0.1, 0.15) is 0 Å². The van der Waals surface area contributed by atoms with Crippen LogP contribution in [0.1, 0.15) is 25.7 Å². The Morgan fingerprint density at radius 2 is 2.00 bits per heavy atom. The van der Waals surface area contributed by atoms with E-state index < -0.39 is 9.84 Å². The molecule has 0 radical (unpaired) electrons. The summed E-state index contributed by atoms with van der Waals surface area (Å²) >= 11 is 5.27. The van der Waals surface area contributed by atoms with E-state index in [0.29, 0.717) is 0 Å². The van der Waals surface area contributed by atoms with Gasteiger partial charge in [0.2, 0.25) is 0 Å². The summed E-state index contributed by atoms with van der Waals surface area (Å²) in [4.78, 5) is 2.06. The largest absolute Gasteiger partial charge is 0.357 e. The zero-order valence-electron chi connectivity index (χ0n) is 10.5. The van der Waals surface area contributed by atoms with Gasteiger partial charge >= 0.3 is 0 Å². The van der Waals surface area contributed by atoms with E-state index in [9.17, 15) is 8.42 Å². The number of hydrogen-bond donors (Lipinski definition) is 2. The van der Waals surface area contributed by atoms with Crippen LogP contribution in [0.15, 0.2) is 0 Å². The fraction of sp³-hybridized carbons (Fsp3) is 0.909. The van der Waals surface area contributed by atoms with Gasteiger partial charge in [-0.15, -0.1) is 0 Å². The normalized spacial score (nSPS) is 29.4. The van der Waals surface area contributed by atoms with Gasteiger partial charge in [-0.25, -0.2) is 8.42 Å². The van der Waals surface area contributed by atoms with Crippen LogP contribution in [0, 0.1) is 0 Å². The van der Waals surface area contributed by atoms with E-state index in [1.165, 1.54) is 0 Å². The lowest BCUT2D eigenvalue weighted by Crippen LogP contribution is -2.37. The first-order valence-corrected chi connectivity index (χ1v) is 8.74. The Morgan fingerprint density at radius 1 is 1.28 bits per heavy atom. The number of rotatable bonds is 6. The third kappa shape index (κ3) is 3.13. The molecule has 3 N–H and O–H groups in total. The molecule has 0 amide bonds. The van der Waals surface area contributed by atoms with Gasteiger partial charge in [0.05, 0.1) is 23.6 Å². The molecule has 0 saturated carbocycles. The number of thiocarbonyl (C=S) groups is 1. The van der Waals surface area contributed by atoms with Gasteiger partial charge in [-0.1, -0.05) is 12.8 Å². The second-order valence-corrected chi connectivity index (χ2v) is 7.64. The number of nitrogens with one attached hydrogen (secondary N) is 1. The molecule has 2 rings (SSSR count). The lowest BCUT2D eigenvalue weighted by molar-refractivity contribution is 0.345. The molecule has 0 aromatic carbocycles. The van der Waals surface area contributed by atoms with Crippen LogP contribution in [0.4, 0.5) is 0 Å². The average molecular weight is 291 g/mol. The summed E-state index contributed by atoms with van der Waals surface area (Å²) in [5.74, 6) is 0.467. The number of nitrogens with zero attached hydrogens (tertiary/aromatic N) is 1. The molecule has 0 unspecified atom stereocenters. The van der Waals surface area contributed by atoms with Crippen LogP contribution >= 0.6 is 12.2 Å². The maximum atomic E-state index is 11.6. The molecule has 18 heavy (non-hydrogen) atoms. The molecule has 5 nitrogen and oxygen atoms in total. The number of hydrogen-bond acceptors (Lipinski definition) is 4. The topological polar surface area (TPSA) is 75.4 Å². The molecule has 2 heterocycles. The first-order valence-electron chi connectivity index (χ1n) is 6.51. The van der Waals surface area contributed by atoms with Gasteiger partial charge in [0.25, 0.3) is 0 Å². The molecule has 0 bridgehead atoms. The summed E-state index contributed by atoms with van der Waals surface area (Å²) < 4.78 is 23.2. The summed E-state index contributed by atoms with van der Waals surface area (Å²) in [7, 11) is -2.88. The van der Waals surface area contributed by atoms with Gasteiger partial charge < -0.3 is 16.0 Å². The fourth-order valence-corrected chi connectivity index (χ4v) is 5.01. The molecule has 104 valence electrons. The Morgan fingerprint density at radius 3 is 2.72 bits per heavy atom. The Kier molecular flexibility index (Phi) is 4.45. The molecule has 7 heteroatoms. The standard InChI is InChI=1S/C11H21N3O2S2/c12-5-3-1-2-4-6-14-10-8-18(15,16)7-9(10)13-11(14)17/h9-10H,1-8,12H2,(H,13,17)/t9-,10-/m1/s1. The predicted molar refractivity (Wildman–Crippen MR) is 76.2 cm³/mol. The first kappa shape index (κ1) is 14.0. The summed E-state index contributed by atoms with van der Waals surface area (Å²) in [6.45, 7) is 1.60. The number of fused-ring (bicyclic) bond motifs is 1. The maximum absolute atomic E-state index is 11.6. The molecule has 2 aliphatic rings. The predicted octanol–water partition coefficient (Wildman–Crippen LogP) is -0.139. The first-order chi connectivity index (χ1) is 8.53. The van der Waals surface area contributed by atoms with Crippen LogP contribution in [-0.2, 0) is 9.84 Å². The van der Waals surface area contributed by atoms with E-state index in [0.717, 1.165) is 43.9 Å². The summed E-state index contributed by atoms with van der Waals surface area (Å²) in [5, 5.41) is 3.85. The fourth-order valence-electron chi connectivity index (χ4n) is 2.71. The van der Waals surface area contributed by atoms with E-state index in [-0.39, 0.29) is 23.6 Å². The van der Waals surface area contributed by atoms with Gasteiger partial charge in [-0.2, -0.15) is 0 Å². The molecular formula is C11H21N3O2S2. The van der Waals surface area contributed by atoms with Crippen molar-refractivity contribution in [3.05, 3.63) is 0 Å². The minimum Gasteiger partial charge on any atom is -0.357 e. The van der Waals surface area contributed by atoms with Crippen LogP contribution in [0.2, 0.25) is 0 Å². The second-order valence-electron chi connectivity index (χ2n) is 5.10. The van der Waals surface area contributed by atoms with E-state index in [4.69, 9.17) is 18.0 Å². The minimum absolute atomic E-state index is 0.00606. The van der Waals surface area contributed by atoms with Gasteiger partial charge in [0, 0.05) is 6.54 Å². The van der Waals surface area contributed by atoms with Crippen LogP contribution in [0.25, 0.3) is 0 Å². The highest BCUT2D eigenvalue weighted by molar-refractivity contribution is 7.91. The van der Waals surface area contributed by atoms with Gasteiger partial charge in [-0.3, -0.25) is 0 Å². The van der Waals surface area contributed by atoms with Crippen LogP contribution in [-0.4, -0.2) is 55.1 Å². The smallest absolute Gasteiger partial charge is 0.169 e. The number of sulfone groups is 1. The molecule has 0 aromatic rings. The molecular weight excluding hydrogens is 270 g/mol. The third-order valence-corrected chi connectivity index (χ3v) is 5.71. The quantitative estimate of drug-likeness (QED) is 0.524. The van der Waals surface area contributed by atoms with Crippen molar-refractivity contribution in [1.29, 1.82) is 0 Å². The van der Waals surface area contributed by atoms with Crippen molar-refractivity contribution >= 4 is 27.2 Å². The molecule has 2 saturated heterocycles.